The van der Waals surface area contributed by atoms with E-state index in [1.807, 2.05) is 6.92 Å². The van der Waals surface area contributed by atoms with Crippen LogP contribution in [0.3, 0.4) is 0 Å². The average Bonchev–Trinajstić information content (AvgIpc) is 3.14. The quantitative estimate of drug-likeness (QED) is 0.933. The normalized spacial score (nSPS) is 17.8. The first-order chi connectivity index (χ1) is 10.9. The van der Waals surface area contributed by atoms with Crippen molar-refractivity contribution >= 4 is 0 Å². The Bertz CT molecular complexity index is 668. The Kier molecular flexibility index (Phi) is 4.23. The Morgan fingerprint density at radius 1 is 1.13 bits per heavy atom. The highest BCUT2D eigenvalue weighted by Gasteiger charge is 2.26. The monoisotopic (exact) mass is 318 g/mol. The number of aromatic nitrogens is 5. The molecule has 3 rings (SSSR count). The topological polar surface area (TPSA) is 81.7 Å². The number of rotatable bonds is 4. The molecule has 0 radical (unpaired) electrons. The zero-order valence-corrected chi connectivity index (χ0v) is 14.6. The fourth-order valence-corrected chi connectivity index (χ4v) is 2.89. The molecule has 0 aliphatic carbocycles. The molecule has 0 saturated carbocycles. The first-order valence-electron chi connectivity index (χ1n) is 8.38. The van der Waals surface area contributed by atoms with Gasteiger partial charge in [0.2, 0.25) is 5.89 Å². The molecule has 0 bridgehead atoms. The van der Waals surface area contributed by atoms with Crippen molar-refractivity contribution in [3.05, 3.63) is 23.4 Å². The fraction of sp³-hybridized carbons (Fsp3) is 0.750. The minimum absolute atomic E-state index is 0.0369. The molecular weight excluding hydrogens is 292 g/mol. The summed E-state index contributed by atoms with van der Waals surface area (Å²) in [6, 6.07) is 0.0412. The molecule has 7 heteroatoms. The molecule has 0 fully saturated rings. The van der Waals surface area contributed by atoms with Gasteiger partial charge in [-0.2, -0.15) is 4.98 Å². The van der Waals surface area contributed by atoms with Crippen molar-refractivity contribution in [1.82, 2.24) is 30.2 Å². The standard InChI is InChI=1S/C16H26N6O/c1-10(13-20-19-12-8-6-7-9-22(12)13)17-11(2)14-18-15(21-23-14)16(3,4)5/h10-11,17H,6-9H2,1-5H3/t10-,11-/m1/s1. The molecule has 0 unspecified atom stereocenters. The van der Waals surface area contributed by atoms with Gasteiger partial charge in [-0.1, -0.05) is 25.9 Å². The van der Waals surface area contributed by atoms with Gasteiger partial charge in [-0.15, -0.1) is 10.2 Å². The lowest BCUT2D eigenvalue weighted by Crippen LogP contribution is -2.26. The molecule has 3 heterocycles. The maximum Gasteiger partial charge on any atom is 0.243 e. The summed E-state index contributed by atoms with van der Waals surface area (Å²) in [5.41, 5.74) is -0.112. The number of fused-ring (bicyclic) bond motifs is 1. The lowest BCUT2D eigenvalue weighted by Gasteiger charge is -2.20. The van der Waals surface area contributed by atoms with Gasteiger partial charge in [-0.05, 0) is 26.7 Å². The number of nitrogens with zero attached hydrogens (tertiary/aromatic N) is 5. The van der Waals surface area contributed by atoms with Crippen LogP contribution < -0.4 is 5.32 Å². The molecule has 2 aromatic heterocycles. The van der Waals surface area contributed by atoms with E-state index in [9.17, 15) is 0 Å². The lowest BCUT2D eigenvalue weighted by molar-refractivity contribution is 0.316. The van der Waals surface area contributed by atoms with Crippen LogP contribution in [0.15, 0.2) is 4.52 Å². The van der Waals surface area contributed by atoms with Gasteiger partial charge in [0, 0.05) is 18.4 Å². The molecule has 126 valence electrons. The van der Waals surface area contributed by atoms with Gasteiger partial charge < -0.3 is 9.09 Å². The van der Waals surface area contributed by atoms with Gasteiger partial charge >= 0.3 is 0 Å². The predicted molar refractivity (Wildman–Crippen MR) is 85.9 cm³/mol. The summed E-state index contributed by atoms with van der Waals surface area (Å²) in [6.45, 7) is 11.4. The molecule has 2 aromatic rings. The minimum Gasteiger partial charge on any atom is -0.338 e. The van der Waals surface area contributed by atoms with Gasteiger partial charge in [-0.25, -0.2) is 0 Å². The summed E-state index contributed by atoms with van der Waals surface area (Å²) in [4.78, 5) is 4.52. The lowest BCUT2D eigenvalue weighted by atomic mass is 9.96. The molecule has 0 spiro atoms. The second kappa shape index (κ2) is 6.03. The van der Waals surface area contributed by atoms with Crippen LogP contribution in [0.25, 0.3) is 0 Å². The number of nitrogens with one attached hydrogen (secondary N) is 1. The predicted octanol–water partition coefficient (Wildman–Crippen LogP) is 2.71. The van der Waals surface area contributed by atoms with Crippen LogP contribution in [0.1, 0.15) is 82.9 Å². The van der Waals surface area contributed by atoms with Crippen molar-refractivity contribution in [2.75, 3.05) is 0 Å². The third-order valence-electron chi connectivity index (χ3n) is 4.26. The highest BCUT2D eigenvalue weighted by Crippen LogP contribution is 2.23. The summed E-state index contributed by atoms with van der Waals surface area (Å²) in [6.07, 6.45) is 3.42. The van der Waals surface area contributed by atoms with Crippen molar-refractivity contribution in [3.8, 4) is 0 Å². The van der Waals surface area contributed by atoms with E-state index < -0.39 is 0 Å². The van der Waals surface area contributed by atoms with E-state index in [0.29, 0.717) is 5.89 Å². The van der Waals surface area contributed by atoms with Crippen LogP contribution in [0.4, 0.5) is 0 Å². The molecule has 1 aliphatic rings. The maximum atomic E-state index is 5.42. The molecule has 1 N–H and O–H groups in total. The van der Waals surface area contributed by atoms with Gasteiger partial charge in [0.15, 0.2) is 5.82 Å². The van der Waals surface area contributed by atoms with E-state index in [1.165, 1.54) is 12.8 Å². The summed E-state index contributed by atoms with van der Waals surface area (Å²) in [5.74, 6) is 3.43. The number of hydrogen-bond donors (Lipinski definition) is 1. The zero-order valence-electron chi connectivity index (χ0n) is 14.6. The van der Waals surface area contributed by atoms with Crippen molar-refractivity contribution in [2.24, 2.45) is 0 Å². The first-order valence-corrected chi connectivity index (χ1v) is 8.38. The van der Waals surface area contributed by atoms with E-state index in [-0.39, 0.29) is 17.5 Å². The number of hydrogen-bond acceptors (Lipinski definition) is 6. The highest BCUT2D eigenvalue weighted by atomic mass is 16.5. The van der Waals surface area contributed by atoms with E-state index >= 15 is 0 Å². The maximum absolute atomic E-state index is 5.42. The van der Waals surface area contributed by atoms with Crippen molar-refractivity contribution in [3.63, 3.8) is 0 Å². The summed E-state index contributed by atoms with van der Waals surface area (Å²) in [7, 11) is 0. The van der Waals surface area contributed by atoms with E-state index in [1.54, 1.807) is 0 Å². The zero-order chi connectivity index (χ0) is 16.6. The minimum atomic E-state index is -0.112. The van der Waals surface area contributed by atoms with Crippen LogP contribution in [0.5, 0.6) is 0 Å². The Balaban J connectivity index is 1.71. The van der Waals surface area contributed by atoms with Gasteiger partial charge in [0.05, 0.1) is 12.1 Å². The van der Waals surface area contributed by atoms with Crippen LogP contribution in [0.2, 0.25) is 0 Å². The van der Waals surface area contributed by atoms with Crippen LogP contribution >= 0.6 is 0 Å². The third kappa shape index (κ3) is 3.29. The second-order valence-corrected chi connectivity index (χ2v) is 7.40. The number of aryl methyl sites for hydroxylation is 1. The van der Waals surface area contributed by atoms with Gasteiger partial charge in [0.1, 0.15) is 11.6 Å². The molecular formula is C16H26N6O. The second-order valence-electron chi connectivity index (χ2n) is 7.40. The molecule has 7 nitrogen and oxygen atoms in total. The Morgan fingerprint density at radius 2 is 1.91 bits per heavy atom. The fourth-order valence-electron chi connectivity index (χ4n) is 2.89. The first kappa shape index (κ1) is 16.1. The van der Waals surface area contributed by atoms with E-state index in [0.717, 1.165) is 30.4 Å². The SMILES string of the molecule is C[C@@H](N[C@H](C)c1nnc2n1CCCC2)c1nc(C(C)(C)C)no1. The van der Waals surface area contributed by atoms with Crippen LogP contribution in [-0.2, 0) is 18.4 Å². The van der Waals surface area contributed by atoms with Crippen LogP contribution in [-0.4, -0.2) is 24.9 Å². The summed E-state index contributed by atoms with van der Waals surface area (Å²) < 4.78 is 7.66. The van der Waals surface area contributed by atoms with Crippen LogP contribution in [0, 0.1) is 0 Å². The molecule has 2 atom stereocenters. The summed E-state index contributed by atoms with van der Waals surface area (Å²) in [5, 5.41) is 16.3. The summed E-state index contributed by atoms with van der Waals surface area (Å²) >= 11 is 0. The van der Waals surface area contributed by atoms with Gasteiger partial charge in [-0.3, -0.25) is 5.32 Å². The van der Waals surface area contributed by atoms with Gasteiger partial charge in [0.25, 0.3) is 0 Å². The largest absolute Gasteiger partial charge is 0.338 e. The Labute approximate surface area is 136 Å². The van der Waals surface area contributed by atoms with Crippen molar-refractivity contribution in [2.45, 2.75) is 77.9 Å². The molecule has 23 heavy (non-hydrogen) atoms. The molecule has 0 amide bonds. The average molecular weight is 318 g/mol. The Morgan fingerprint density at radius 3 is 2.61 bits per heavy atom. The highest BCUT2D eigenvalue weighted by molar-refractivity contribution is 5.05. The van der Waals surface area contributed by atoms with E-state index in [2.05, 4.69) is 57.9 Å². The van der Waals surface area contributed by atoms with E-state index in [4.69, 9.17) is 4.52 Å². The van der Waals surface area contributed by atoms with Crippen molar-refractivity contribution < 1.29 is 4.52 Å². The molecule has 0 aromatic carbocycles. The molecule has 0 saturated heterocycles. The van der Waals surface area contributed by atoms with Crippen molar-refractivity contribution in [1.29, 1.82) is 0 Å². The smallest absolute Gasteiger partial charge is 0.243 e. The third-order valence-corrected chi connectivity index (χ3v) is 4.26. The Hall–Kier alpha value is -1.76. The molecule has 1 aliphatic heterocycles.